The van der Waals surface area contributed by atoms with Crippen LogP contribution in [0.3, 0.4) is 0 Å². The molecule has 0 unspecified atom stereocenters. The van der Waals surface area contributed by atoms with Gasteiger partial charge in [0, 0.05) is 25.8 Å². The molecule has 0 aliphatic carbocycles. The van der Waals surface area contributed by atoms with Crippen molar-refractivity contribution in [2.45, 2.75) is 0 Å². The van der Waals surface area contributed by atoms with Gasteiger partial charge in [0.15, 0.2) is 0 Å². The molecule has 5 heteroatoms. The van der Waals surface area contributed by atoms with E-state index in [-0.39, 0.29) is 5.91 Å². The number of nitrogens with zero attached hydrogens (tertiary/aromatic N) is 2. The second kappa shape index (κ2) is 6.11. The topological polar surface area (TPSA) is 46.5 Å². The lowest BCUT2D eigenvalue weighted by Crippen LogP contribution is -2.48. The first-order chi connectivity index (χ1) is 10.3. The number of amides is 1. The molecule has 0 radical (unpaired) electrons. The van der Waals surface area contributed by atoms with E-state index in [1.54, 1.807) is 0 Å². The zero-order chi connectivity index (χ0) is 14.7. The second-order valence-corrected chi connectivity index (χ2v) is 5.07. The van der Waals surface area contributed by atoms with Crippen molar-refractivity contribution in [3.8, 4) is 11.3 Å². The highest BCUT2D eigenvalue weighted by molar-refractivity contribution is 5.93. The molecular weight excluding hydrogens is 266 g/mol. The summed E-state index contributed by atoms with van der Waals surface area (Å²) in [6.45, 7) is 2.76. The zero-order valence-electron chi connectivity index (χ0n) is 12.1. The molecule has 1 N–H and O–H groups in total. The van der Waals surface area contributed by atoms with E-state index in [0.717, 1.165) is 24.3 Å². The molecular formula is C16H19N3O2. The van der Waals surface area contributed by atoms with Gasteiger partial charge in [-0.1, -0.05) is 30.3 Å². The average Bonchev–Trinajstić information content (AvgIpc) is 2.91. The SMILES string of the molecule is Cn1c(C(=O)NN2CCOCC2)ccc1-c1ccccc1. The fourth-order valence-corrected chi connectivity index (χ4v) is 2.51. The van der Waals surface area contributed by atoms with Gasteiger partial charge >= 0.3 is 0 Å². The molecule has 0 saturated carbocycles. The lowest BCUT2D eigenvalue weighted by atomic mass is 10.2. The predicted octanol–water partition coefficient (Wildman–Crippen LogP) is 1.67. The first kappa shape index (κ1) is 13.9. The fraction of sp³-hybridized carbons (Fsp3) is 0.312. The first-order valence-electron chi connectivity index (χ1n) is 7.10. The van der Waals surface area contributed by atoms with Gasteiger partial charge in [-0.25, -0.2) is 5.01 Å². The third-order valence-electron chi connectivity index (χ3n) is 3.69. The molecule has 1 saturated heterocycles. The summed E-state index contributed by atoms with van der Waals surface area (Å²) in [5, 5.41) is 1.90. The van der Waals surface area contributed by atoms with Gasteiger partial charge < -0.3 is 9.30 Å². The highest BCUT2D eigenvalue weighted by atomic mass is 16.5. The van der Waals surface area contributed by atoms with Crippen LogP contribution < -0.4 is 5.43 Å². The van der Waals surface area contributed by atoms with Crippen molar-refractivity contribution >= 4 is 5.91 Å². The van der Waals surface area contributed by atoms with Gasteiger partial charge in [-0.05, 0) is 17.7 Å². The molecule has 21 heavy (non-hydrogen) atoms. The lowest BCUT2D eigenvalue weighted by Gasteiger charge is -2.27. The van der Waals surface area contributed by atoms with Crippen LogP contribution in [0.4, 0.5) is 0 Å². The van der Waals surface area contributed by atoms with E-state index in [1.807, 2.05) is 59.1 Å². The van der Waals surface area contributed by atoms with Crippen molar-refractivity contribution in [1.29, 1.82) is 0 Å². The van der Waals surface area contributed by atoms with Gasteiger partial charge in [0.25, 0.3) is 5.91 Å². The standard InChI is InChI=1S/C16H19N3O2/c1-18-14(13-5-3-2-4-6-13)7-8-15(18)16(20)17-19-9-11-21-12-10-19/h2-8H,9-12H2,1H3,(H,17,20). The van der Waals surface area contributed by atoms with E-state index in [9.17, 15) is 4.79 Å². The van der Waals surface area contributed by atoms with Crippen LogP contribution in [0.1, 0.15) is 10.5 Å². The number of aromatic nitrogens is 1. The summed E-state index contributed by atoms with van der Waals surface area (Å²) >= 11 is 0. The molecule has 1 fully saturated rings. The van der Waals surface area contributed by atoms with Crippen molar-refractivity contribution in [2.24, 2.45) is 7.05 Å². The molecule has 1 aliphatic heterocycles. The molecule has 2 aromatic rings. The Morgan fingerprint density at radius 3 is 2.52 bits per heavy atom. The van der Waals surface area contributed by atoms with Crippen LogP contribution >= 0.6 is 0 Å². The highest BCUT2D eigenvalue weighted by Crippen LogP contribution is 2.21. The minimum Gasteiger partial charge on any atom is -0.379 e. The zero-order valence-corrected chi connectivity index (χ0v) is 12.1. The van der Waals surface area contributed by atoms with Gasteiger partial charge in [-0.2, -0.15) is 0 Å². The van der Waals surface area contributed by atoms with E-state index in [0.29, 0.717) is 18.9 Å². The molecule has 0 atom stereocenters. The predicted molar refractivity (Wildman–Crippen MR) is 80.7 cm³/mol. The maximum absolute atomic E-state index is 12.4. The lowest BCUT2D eigenvalue weighted by molar-refractivity contribution is 0.0124. The quantitative estimate of drug-likeness (QED) is 0.933. The van der Waals surface area contributed by atoms with Crippen molar-refractivity contribution < 1.29 is 9.53 Å². The Morgan fingerprint density at radius 1 is 1.10 bits per heavy atom. The molecule has 1 aromatic carbocycles. The summed E-state index contributed by atoms with van der Waals surface area (Å²) in [4.78, 5) is 12.4. The summed E-state index contributed by atoms with van der Waals surface area (Å²) in [5.41, 5.74) is 5.72. The molecule has 5 nitrogen and oxygen atoms in total. The maximum Gasteiger partial charge on any atom is 0.282 e. The molecule has 1 aliphatic rings. The Balaban J connectivity index is 1.77. The Hall–Kier alpha value is -2.11. The number of nitrogens with one attached hydrogen (secondary N) is 1. The van der Waals surface area contributed by atoms with Crippen LogP contribution in [-0.2, 0) is 11.8 Å². The van der Waals surface area contributed by atoms with E-state index >= 15 is 0 Å². The van der Waals surface area contributed by atoms with Crippen LogP contribution in [0.25, 0.3) is 11.3 Å². The minimum absolute atomic E-state index is 0.0819. The molecule has 1 amide bonds. The van der Waals surface area contributed by atoms with Crippen LogP contribution in [0, 0.1) is 0 Å². The van der Waals surface area contributed by atoms with Gasteiger partial charge in [0.05, 0.1) is 13.2 Å². The Bertz CT molecular complexity index is 616. The normalized spacial score (nSPS) is 15.9. The number of carbonyl (C=O) groups excluding carboxylic acids is 1. The van der Waals surface area contributed by atoms with Crippen molar-refractivity contribution in [1.82, 2.24) is 15.0 Å². The molecule has 2 heterocycles. The summed E-state index contributed by atoms with van der Waals surface area (Å²) < 4.78 is 7.20. The number of hydrogen-bond acceptors (Lipinski definition) is 3. The van der Waals surface area contributed by atoms with E-state index in [2.05, 4.69) is 5.43 Å². The van der Waals surface area contributed by atoms with E-state index in [4.69, 9.17) is 4.74 Å². The highest BCUT2D eigenvalue weighted by Gasteiger charge is 2.17. The smallest absolute Gasteiger partial charge is 0.282 e. The number of rotatable bonds is 3. The van der Waals surface area contributed by atoms with Crippen LogP contribution in [-0.4, -0.2) is 41.8 Å². The number of morpholine rings is 1. The molecule has 0 spiro atoms. The van der Waals surface area contributed by atoms with Gasteiger partial charge in [-0.15, -0.1) is 0 Å². The number of carbonyl (C=O) groups is 1. The van der Waals surface area contributed by atoms with Crippen molar-refractivity contribution in [3.63, 3.8) is 0 Å². The third-order valence-corrected chi connectivity index (χ3v) is 3.69. The third kappa shape index (κ3) is 2.99. The van der Waals surface area contributed by atoms with Crippen molar-refractivity contribution in [2.75, 3.05) is 26.3 Å². The molecule has 3 rings (SSSR count). The Labute approximate surface area is 124 Å². The Kier molecular flexibility index (Phi) is 4.03. The summed E-state index contributed by atoms with van der Waals surface area (Å²) in [7, 11) is 1.91. The number of ether oxygens (including phenoxy) is 1. The molecule has 0 bridgehead atoms. The summed E-state index contributed by atoms with van der Waals surface area (Å²) in [5.74, 6) is -0.0819. The second-order valence-electron chi connectivity index (χ2n) is 5.07. The van der Waals surface area contributed by atoms with Crippen LogP contribution in [0.2, 0.25) is 0 Å². The Morgan fingerprint density at radius 2 is 1.81 bits per heavy atom. The number of hydrazine groups is 1. The van der Waals surface area contributed by atoms with Gasteiger partial charge in [0.1, 0.15) is 5.69 Å². The number of hydrogen-bond donors (Lipinski definition) is 1. The number of benzene rings is 1. The van der Waals surface area contributed by atoms with Crippen molar-refractivity contribution in [3.05, 3.63) is 48.2 Å². The minimum atomic E-state index is -0.0819. The van der Waals surface area contributed by atoms with Gasteiger partial charge in [-0.3, -0.25) is 10.2 Å². The first-order valence-corrected chi connectivity index (χ1v) is 7.10. The van der Waals surface area contributed by atoms with Crippen LogP contribution in [0.5, 0.6) is 0 Å². The molecule has 1 aromatic heterocycles. The monoisotopic (exact) mass is 285 g/mol. The van der Waals surface area contributed by atoms with E-state index in [1.165, 1.54) is 0 Å². The maximum atomic E-state index is 12.4. The molecule has 110 valence electrons. The van der Waals surface area contributed by atoms with E-state index < -0.39 is 0 Å². The summed E-state index contributed by atoms with van der Waals surface area (Å²) in [6, 6.07) is 13.9. The fourth-order valence-electron chi connectivity index (χ4n) is 2.51. The van der Waals surface area contributed by atoms with Gasteiger partial charge in [0.2, 0.25) is 0 Å². The van der Waals surface area contributed by atoms with Crippen LogP contribution in [0.15, 0.2) is 42.5 Å². The average molecular weight is 285 g/mol. The summed E-state index contributed by atoms with van der Waals surface area (Å²) in [6.07, 6.45) is 0. The largest absolute Gasteiger partial charge is 0.379 e.